The molecule has 0 aliphatic rings. The van der Waals surface area contributed by atoms with E-state index in [-0.39, 0.29) is 5.56 Å². The van der Waals surface area contributed by atoms with Crippen molar-refractivity contribution in [1.29, 1.82) is 0 Å². The summed E-state index contributed by atoms with van der Waals surface area (Å²) in [6.45, 7) is 0.0137. The first-order valence-corrected chi connectivity index (χ1v) is 6.73. The molecule has 0 bridgehead atoms. The van der Waals surface area contributed by atoms with Gasteiger partial charge >= 0.3 is 6.18 Å². The Morgan fingerprint density at radius 3 is 2.45 bits per heavy atom. The monoisotopic (exact) mass is 316 g/mol. The van der Waals surface area contributed by atoms with Crippen molar-refractivity contribution >= 4 is 15.7 Å². The number of aliphatic hydroxyl groups is 1. The summed E-state index contributed by atoms with van der Waals surface area (Å²) in [4.78, 5) is -0.453. The maximum atomic E-state index is 13.1. The fraction of sp³-hybridized carbons (Fsp3) is 0.400. The second kappa shape index (κ2) is 5.54. The van der Waals surface area contributed by atoms with Crippen LogP contribution in [0.1, 0.15) is 5.56 Å². The minimum absolute atomic E-state index is 0.0225. The van der Waals surface area contributed by atoms with Crippen LogP contribution in [0.4, 0.5) is 23.2 Å². The molecule has 1 aromatic carbocycles. The fourth-order valence-corrected chi connectivity index (χ4v) is 2.64. The zero-order valence-electron chi connectivity index (χ0n) is 10.2. The van der Waals surface area contributed by atoms with Crippen molar-refractivity contribution < 1.29 is 31.1 Å². The molecule has 0 saturated carbocycles. The second-order valence-electron chi connectivity index (χ2n) is 4.05. The van der Waals surface area contributed by atoms with Crippen molar-refractivity contribution in [3.63, 3.8) is 0 Å². The number of hydrogen-bond acceptors (Lipinski definition) is 4. The predicted octanol–water partition coefficient (Wildman–Crippen LogP) is 0.918. The van der Waals surface area contributed by atoms with E-state index in [1.165, 1.54) is 6.92 Å². The normalized spacial score (nSPS) is 14.3. The number of anilines is 1. The van der Waals surface area contributed by atoms with Crippen molar-refractivity contribution in [1.82, 2.24) is 4.72 Å². The molecule has 1 atom stereocenters. The van der Waals surface area contributed by atoms with Crippen LogP contribution < -0.4 is 10.5 Å². The quantitative estimate of drug-likeness (QED) is 0.569. The number of sulfonamides is 1. The van der Waals surface area contributed by atoms with Crippen molar-refractivity contribution in [2.24, 2.45) is 0 Å². The summed E-state index contributed by atoms with van der Waals surface area (Å²) in [5.74, 6) is -0.836. The first kappa shape index (κ1) is 16.7. The van der Waals surface area contributed by atoms with Crippen LogP contribution >= 0.6 is 0 Å². The van der Waals surface area contributed by atoms with Crippen LogP contribution in [0.25, 0.3) is 0 Å². The minimum atomic E-state index is -4.95. The van der Waals surface area contributed by atoms with Crippen molar-refractivity contribution in [3.05, 3.63) is 23.5 Å². The molecule has 0 amide bonds. The van der Waals surface area contributed by atoms with Crippen LogP contribution in [0.2, 0.25) is 0 Å². The summed E-state index contributed by atoms with van der Waals surface area (Å²) in [5.41, 5.74) is 4.74. The van der Waals surface area contributed by atoms with Gasteiger partial charge in [-0.25, -0.2) is 17.5 Å². The predicted molar refractivity (Wildman–Crippen MR) is 62.8 cm³/mol. The molecule has 0 aliphatic carbocycles. The first-order chi connectivity index (χ1) is 8.95. The van der Waals surface area contributed by atoms with Gasteiger partial charge in [0.25, 0.3) is 0 Å². The smallest absolute Gasteiger partial charge is 0.396 e. The van der Waals surface area contributed by atoms with Gasteiger partial charge in [0.2, 0.25) is 10.0 Å². The maximum Gasteiger partial charge on any atom is 0.415 e. The van der Waals surface area contributed by atoms with Gasteiger partial charge < -0.3 is 10.8 Å². The van der Waals surface area contributed by atoms with Gasteiger partial charge in [0, 0.05) is 6.54 Å². The molecule has 10 heteroatoms. The van der Waals surface area contributed by atoms with Gasteiger partial charge in [-0.15, -0.1) is 0 Å². The fourth-order valence-electron chi connectivity index (χ4n) is 1.34. The third-order valence-corrected chi connectivity index (χ3v) is 3.99. The van der Waals surface area contributed by atoms with Gasteiger partial charge in [-0.3, -0.25) is 0 Å². The van der Waals surface area contributed by atoms with E-state index >= 15 is 0 Å². The highest BCUT2D eigenvalue weighted by molar-refractivity contribution is 7.89. The Morgan fingerprint density at radius 1 is 1.40 bits per heavy atom. The topological polar surface area (TPSA) is 92.4 Å². The number of halogens is 4. The summed E-state index contributed by atoms with van der Waals surface area (Å²) in [5, 5.41) is 8.73. The van der Waals surface area contributed by atoms with E-state index in [1.54, 1.807) is 4.72 Å². The average molecular weight is 316 g/mol. The highest BCUT2D eigenvalue weighted by Gasteiger charge is 2.38. The average Bonchev–Trinajstić information content (AvgIpc) is 2.29. The molecule has 0 aromatic heterocycles. The number of alkyl halides is 3. The number of aliphatic hydroxyl groups excluding tert-OH is 1. The van der Waals surface area contributed by atoms with Crippen LogP contribution in [-0.4, -0.2) is 32.3 Å². The number of hydrogen-bond donors (Lipinski definition) is 3. The molecular formula is C10H12F4N2O3S. The highest BCUT2D eigenvalue weighted by Crippen LogP contribution is 2.23. The Morgan fingerprint density at radius 2 is 1.95 bits per heavy atom. The molecular weight excluding hydrogens is 304 g/mol. The molecule has 0 fully saturated rings. The zero-order valence-corrected chi connectivity index (χ0v) is 11.0. The Kier molecular flexibility index (Phi) is 4.62. The molecule has 0 heterocycles. The van der Waals surface area contributed by atoms with Crippen LogP contribution in [0, 0.1) is 12.7 Å². The van der Waals surface area contributed by atoms with Gasteiger partial charge in [-0.2, -0.15) is 13.2 Å². The van der Waals surface area contributed by atoms with Crippen molar-refractivity contribution in [3.8, 4) is 0 Å². The number of nitrogen functional groups attached to an aromatic ring is 1. The van der Waals surface area contributed by atoms with Gasteiger partial charge in [0.05, 0.1) is 10.6 Å². The SMILES string of the molecule is Cc1cc(F)c(N)cc1S(=O)(=O)NCC(O)C(F)(F)F. The Labute approximate surface area is 112 Å². The van der Waals surface area contributed by atoms with E-state index in [0.29, 0.717) is 0 Å². The van der Waals surface area contributed by atoms with E-state index in [4.69, 9.17) is 10.8 Å². The molecule has 0 aliphatic heterocycles. The molecule has 114 valence electrons. The standard InChI is InChI=1S/C10H12F4N2O3S/c1-5-2-6(11)7(15)3-8(5)20(18,19)16-4-9(17)10(12,13)14/h2-3,9,16-17H,4,15H2,1H3. The number of rotatable bonds is 4. The van der Waals surface area contributed by atoms with E-state index in [2.05, 4.69) is 0 Å². The van der Waals surface area contributed by atoms with Gasteiger partial charge in [0.15, 0.2) is 6.10 Å². The van der Waals surface area contributed by atoms with Crippen LogP contribution in [0.15, 0.2) is 17.0 Å². The molecule has 5 nitrogen and oxygen atoms in total. The van der Waals surface area contributed by atoms with E-state index < -0.39 is 45.2 Å². The lowest BCUT2D eigenvalue weighted by Gasteiger charge is -2.16. The van der Waals surface area contributed by atoms with Gasteiger partial charge in [-0.1, -0.05) is 0 Å². The molecule has 0 saturated heterocycles. The number of nitrogens with one attached hydrogen (secondary N) is 1. The number of benzene rings is 1. The Hall–Kier alpha value is -1.39. The second-order valence-corrected chi connectivity index (χ2v) is 5.78. The number of aryl methyl sites for hydroxylation is 1. The summed E-state index contributed by atoms with van der Waals surface area (Å²) >= 11 is 0. The largest absolute Gasteiger partial charge is 0.415 e. The lowest BCUT2D eigenvalue weighted by atomic mass is 10.2. The van der Waals surface area contributed by atoms with Crippen molar-refractivity contribution in [2.75, 3.05) is 12.3 Å². The lowest BCUT2D eigenvalue weighted by Crippen LogP contribution is -2.40. The third kappa shape index (κ3) is 3.81. The van der Waals surface area contributed by atoms with E-state index in [9.17, 15) is 26.0 Å². The van der Waals surface area contributed by atoms with Gasteiger partial charge in [-0.05, 0) is 24.6 Å². The molecule has 20 heavy (non-hydrogen) atoms. The summed E-state index contributed by atoms with van der Waals surface area (Å²) in [7, 11) is -4.34. The molecule has 0 spiro atoms. The van der Waals surface area contributed by atoms with E-state index in [1.807, 2.05) is 0 Å². The van der Waals surface area contributed by atoms with Crippen LogP contribution in [-0.2, 0) is 10.0 Å². The maximum absolute atomic E-state index is 13.1. The molecule has 1 unspecified atom stereocenters. The third-order valence-electron chi connectivity index (χ3n) is 2.43. The van der Waals surface area contributed by atoms with Gasteiger partial charge in [0.1, 0.15) is 5.82 Å². The number of nitrogens with two attached hydrogens (primary N) is 1. The molecule has 4 N–H and O–H groups in total. The lowest BCUT2D eigenvalue weighted by molar-refractivity contribution is -0.200. The molecule has 1 rings (SSSR count). The highest BCUT2D eigenvalue weighted by atomic mass is 32.2. The summed E-state index contributed by atoms with van der Waals surface area (Å²) in [6, 6.07) is 1.65. The van der Waals surface area contributed by atoms with Crippen LogP contribution in [0.5, 0.6) is 0 Å². The van der Waals surface area contributed by atoms with Crippen LogP contribution in [0.3, 0.4) is 0 Å². The summed E-state index contributed by atoms with van der Waals surface area (Å²) < 4.78 is 74.4. The first-order valence-electron chi connectivity index (χ1n) is 5.25. The van der Waals surface area contributed by atoms with E-state index in [0.717, 1.165) is 12.1 Å². The summed E-state index contributed by atoms with van der Waals surface area (Å²) in [6.07, 6.45) is -7.78. The minimum Gasteiger partial charge on any atom is -0.396 e. The zero-order chi connectivity index (χ0) is 15.7. The Balaban J connectivity index is 2.98. The molecule has 0 radical (unpaired) electrons. The van der Waals surface area contributed by atoms with Crippen molar-refractivity contribution in [2.45, 2.75) is 24.1 Å². The molecule has 1 aromatic rings. The Bertz CT molecular complexity index is 601.